The number of carboxylic acid groups (broad SMARTS) is 1. The van der Waals surface area contributed by atoms with E-state index in [1.807, 2.05) is 18.4 Å². The Morgan fingerprint density at radius 1 is 1.60 bits per heavy atom. The monoisotopic (exact) mass is 296 g/mol. The lowest BCUT2D eigenvalue weighted by atomic mass is 9.88. The van der Waals surface area contributed by atoms with Crippen LogP contribution in [0, 0.1) is 5.41 Å². The molecule has 0 fully saturated rings. The highest BCUT2D eigenvalue weighted by molar-refractivity contribution is 7.13. The predicted octanol–water partition coefficient (Wildman–Crippen LogP) is 1.91. The molecule has 8 heteroatoms. The molecular weight excluding hydrogens is 280 g/mol. The fraction of sp³-hybridized carbons (Fsp3) is 0.500. The Balaban J connectivity index is 2.31. The number of tetrazole rings is 1. The number of thiophene rings is 1. The number of ether oxygens (including phenoxy) is 1. The molecule has 1 N–H and O–H groups in total. The van der Waals surface area contributed by atoms with Crippen molar-refractivity contribution in [2.24, 2.45) is 5.41 Å². The minimum atomic E-state index is -0.897. The molecule has 0 bridgehead atoms. The minimum Gasteiger partial charge on any atom is -0.496 e. The van der Waals surface area contributed by atoms with Crippen LogP contribution in [-0.4, -0.2) is 38.4 Å². The third kappa shape index (κ3) is 2.64. The van der Waals surface area contributed by atoms with Crippen molar-refractivity contribution in [2.45, 2.75) is 26.8 Å². The second kappa shape index (κ2) is 5.58. The molecule has 7 nitrogen and oxygen atoms in total. The first-order valence-corrected chi connectivity index (χ1v) is 7.00. The SMILES string of the molecule is CCC(C)(Cn1nnnc1-c1cc(OC)cs1)C(=O)O. The van der Waals surface area contributed by atoms with Crippen molar-refractivity contribution < 1.29 is 14.6 Å². The second-order valence-electron chi connectivity index (χ2n) is 4.73. The molecule has 0 aliphatic heterocycles. The zero-order valence-electron chi connectivity index (χ0n) is 11.5. The quantitative estimate of drug-likeness (QED) is 0.875. The lowest BCUT2D eigenvalue weighted by molar-refractivity contribution is -0.149. The number of aromatic nitrogens is 4. The Hall–Kier alpha value is -1.96. The van der Waals surface area contributed by atoms with Gasteiger partial charge in [0.25, 0.3) is 0 Å². The van der Waals surface area contributed by atoms with Gasteiger partial charge >= 0.3 is 5.97 Å². The molecule has 0 saturated carbocycles. The fourth-order valence-corrected chi connectivity index (χ4v) is 2.54. The summed E-state index contributed by atoms with van der Waals surface area (Å²) >= 11 is 1.45. The van der Waals surface area contributed by atoms with Gasteiger partial charge in [0.05, 0.1) is 23.9 Å². The number of carboxylic acids is 1. The van der Waals surface area contributed by atoms with Gasteiger partial charge in [0, 0.05) is 11.4 Å². The largest absolute Gasteiger partial charge is 0.496 e. The summed E-state index contributed by atoms with van der Waals surface area (Å²) in [5.74, 6) is 0.431. The summed E-state index contributed by atoms with van der Waals surface area (Å²) in [7, 11) is 1.59. The van der Waals surface area contributed by atoms with Crippen LogP contribution in [0.15, 0.2) is 11.4 Å². The average molecular weight is 296 g/mol. The van der Waals surface area contributed by atoms with E-state index in [9.17, 15) is 9.90 Å². The summed E-state index contributed by atoms with van der Waals surface area (Å²) in [6, 6.07) is 1.83. The number of hydrogen-bond acceptors (Lipinski definition) is 6. The molecule has 0 spiro atoms. The summed E-state index contributed by atoms with van der Waals surface area (Å²) in [5, 5.41) is 22.7. The summed E-state index contributed by atoms with van der Waals surface area (Å²) in [6.45, 7) is 3.75. The predicted molar refractivity (Wildman–Crippen MR) is 73.7 cm³/mol. The van der Waals surface area contributed by atoms with E-state index in [1.54, 1.807) is 14.0 Å². The molecular formula is C12H16N4O3S. The lowest BCUT2D eigenvalue weighted by Crippen LogP contribution is -2.32. The highest BCUT2D eigenvalue weighted by atomic mass is 32.1. The van der Waals surface area contributed by atoms with Crippen molar-refractivity contribution in [2.75, 3.05) is 7.11 Å². The number of aliphatic carboxylic acids is 1. The summed E-state index contributed by atoms with van der Waals surface area (Å²) < 4.78 is 6.66. The van der Waals surface area contributed by atoms with Crippen LogP contribution in [0.25, 0.3) is 10.7 Å². The summed E-state index contributed by atoms with van der Waals surface area (Å²) in [5.41, 5.74) is -0.897. The van der Waals surface area contributed by atoms with Crippen LogP contribution in [0.2, 0.25) is 0 Å². The second-order valence-corrected chi connectivity index (χ2v) is 5.64. The minimum absolute atomic E-state index is 0.224. The highest BCUT2D eigenvalue weighted by Crippen LogP contribution is 2.31. The average Bonchev–Trinajstić information content (AvgIpc) is 3.06. The molecule has 0 amide bonds. The van der Waals surface area contributed by atoms with E-state index >= 15 is 0 Å². The van der Waals surface area contributed by atoms with Crippen molar-refractivity contribution >= 4 is 17.3 Å². The maximum Gasteiger partial charge on any atom is 0.311 e. The van der Waals surface area contributed by atoms with E-state index in [0.717, 1.165) is 10.6 Å². The number of methoxy groups -OCH3 is 1. The Kier molecular flexibility index (Phi) is 4.03. The van der Waals surface area contributed by atoms with Gasteiger partial charge in [-0.15, -0.1) is 16.4 Å². The fourth-order valence-electron chi connectivity index (χ4n) is 1.69. The standard InChI is InChI=1S/C12H16N4O3S/c1-4-12(2,11(17)18)7-16-10(13-14-15-16)9-5-8(19-3)6-20-9/h5-6H,4,7H2,1-3H3,(H,17,18). The number of nitrogens with zero attached hydrogens (tertiary/aromatic N) is 4. The molecule has 20 heavy (non-hydrogen) atoms. The third-order valence-electron chi connectivity index (χ3n) is 3.36. The van der Waals surface area contributed by atoms with Crippen LogP contribution < -0.4 is 4.74 Å². The van der Waals surface area contributed by atoms with Gasteiger partial charge in [-0.1, -0.05) is 6.92 Å². The van der Waals surface area contributed by atoms with Gasteiger partial charge in [-0.25, -0.2) is 4.68 Å². The number of hydrogen-bond donors (Lipinski definition) is 1. The number of rotatable bonds is 6. The zero-order chi connectivity index (χ0) is 14.8. The molecule has 108 valence electrons. The van der Waals surface area contributed by atoms with Gasteiger partial charge in [0.2, 0.25) is 0 Å². The van der Waals surface area contributed by atoms with Gasteiger partial charge in [0.15, 0.2) is 5.82 Å². The third-order valence-corrected chi connectivity index (χ3v) is 4.26. The molecule has 2 aromatic rings. The molecule has 0 radical (unpaired) electrons. The van der Waals surface area contributed by atoms with Crippen molar-refractivity contribution in [1.82, 2.24) is 20.2 Å². The van der Waals surface area contributed by atoms with Crippen molar-refractivity contribution in [3.63, 3.8) is 0 Å². The Bertz CT molecular complexity index is 609. The smallest absolute Gasteiger partial charge is 0.311 e. The Morgan fingerprint density at radius 2 is 2.35 bits per heavy atom. The van der Waals surface area contributed by atoms with Crippen LogP contribution in [0.4, 0.5) is 0 Å². The normalized spacial score (nSPS) is 13.9. The number of carbonyl (C=O) groups is 1. The van der Waals surface area contributed by atoms with Crippen molar-refractivity contribution in [1.29, 1.82) is 0 Å². The van der Waals surface area contributed by atoms with Gasteiger partial charge in [0.1, 0.15) is 5.75 Å². The molecule has 1 unspecified atom stereocenters. The van der Waals surface area contributed by atoms with Crippen LogP contribution in [0.5, 0.6) is 5.75 Å². The maximum absolute atomic E-state index is 11.4. The first-order valence-electron chi connectivity index (χ1n) is 6.12. The van der Waals surface area contributed by atoms with Crippen molar-refractivity contribution in [3.05, 3.63) is 11.4 Å². The van der Waals surface area contributed by atoms with E-state index in [2.05, 4.69) is 15.5 Å². The molecule has 2 heterocycles. The zero-order valence-corrected chi connectivity index (χ0v) is 12.3. The lowest BCUT2D eigenvalue weighted by Gasteiger charge is -2.22. The van der Waals surface area contributed by atoms with Crippen molar-refractivity contribution in [3.8, 4) is 16.5 Å². The highest BCUT2D eigenvalue weighted by Gasteiger charge is 2.33. The van der Waals surface area contributed by atoms with E-state index in [-0.39, 0.29) is 6.54 Å². The Labute approximate surface area is 120 Å². The molecule has 0 saturated heterocycles. The topological polar surface area (TPSA) is 90.1 Å². The summed E-state index contributed by atoms with van der Waals surface area (Å²) in [4.78, 5) is 12.2. The Morgan fingerprint density at radius 3 is 2.90 bits per heavy atom. The summed E-state index contributed by atoms with van der Waals surface area (Å²) in [6.07, 6.45) is 0.495. The molecule has 0 aliphatic rings. The maximum atomic E-state index is 11.4. The van der Waals surface area contributed by atoms with Gasteiger partial charge in [-0.3, -0.25) is 4.79 Å². The molecule has 0 aliphatic carbocycles. The first kappa shape index (κ1) is 14.4. The van der Waals surface area contributed by atoms with E-state index < -0.39 is 11.4 Å². The van der Waals surface area contributed by atoms with Crippen LogP contribution in [-0.2, 0) is 11.3 Å². The molecule has 2 aromatic heterocycles. The van der Waals surface area contributed by atoms with E-state index in [4.69, 9.17) is 4.74 Å². The van der Waals surface area contributed by atoms with Crippen LogP contribution >= 0.6 is 11.3 Å². The first-order chi connectivity index (χ1) is 9.50. The van der Waals surface area contributed by atoms with E-state index in [1.165, 1.54) is 16.0 Å². The van der Waals surface area contributed by atoms with Crippen LogP contribution in [0.3, 0.4) is 0 Å². The van der Waals surface area contributed by atoms with Gasteiger partial charge < -0.3 is 9.84 Å². The van der Waals surface area contributed by atoms with Gasteiger partial charge in [-0.2, -0.15) is 0 Å². The molecule has 2 rings (SSSR count). The van der Waals surface area contributed by atoms with Crippen LogP contribution in [0.1, 0.15) is 20.3 Å². The van der Waals surface area contributed by atoms with Gasteiger partial charge in [-0.05, 0) is 23.8 Å². The van der Waals surface area contributed by atoms with E-state index in [0.29, 0.717) is 12.2 Å². The molecule has 0 aromatic carbocycles. The molecule has 1 atom stereocenters.